The number of hydrogen-bond donors (Lipinski definition) is 1. The van der Waals surface area contributed by atoms with Gasteiger partial charge in [0.25, 0.3) is 0 Å². The fraction of sp³-hybridized carbons (Fsp3) is 0.533. The molecule has 0 spiro atoms. The molecule has 1 aromatic rings. The van der Waals surface area contributed by atoms with Crippen LogP contribution in [0.2, 0.25) is 0 Å². The van der Waals surface area contributed by atoms with E-state index < -0.39 is 5.41 Å². The van der Waals surface area contributed by atoms with Crippen LogP contribution < -0.4 is 10.5 Å². The van der Waals surface area contributed by atoms with Gasteiger partial charge in [0.2, 0.25) is 0 Å². The second kappa shape index (κ2) is 7.14. The molecule has 0 heterocycles. The minimum atomic E-state index is -0.676. The average molecular weight is 265 g/mol. The van der Waals surface area contributed by atoms with Gasteiger partial charge in [-0.05, 0) is 31.4 Å². The summed E-state index contributed by atoms with van der Waals surface area (Å²) in [5.74, 6) is 0.545. The van der Waals surface area contributed by atoms with Gasteiger partial charge in [-0.3, -0.25) is 4.79 Å². The van der Waals surface area contributed by atoms with Gasteiger partial charge in [-0.15, -0.1) is 0 Å². The van der Waals surface area contributed by atoms with E-state index in [9.17, 15) is 4.79 Å². The molecule has 2 N–H and O–H groups in total. The molecule has 0 bridgehead atoms. The minimum Gasteiger partial charge on any atom is -0.496 e. The standard InChI is InChI=1S/C15H23NO3/c1-4-15(11-16,14(17)19-5-2)10-12-8-6-7-9-13(12)18-3/h6-9H,4-5,10-11,16H2,1-3H3. The summed E-state index contributed by atoms with van der Waals surface area (Å²) in [5.41, 5.74) is 6.15. The Hall–Kier alpha value is -1.55. The van der Waals surface area contributed by atoms with E-state index in [4.69, 9.17) is 15.2 Å². The lowest BCUT2D eigenvalue weighted by atomic mass is 9.79. The second-order valence-corrected chi connectivity index (χ2v) is 4.55. The molecule has 0 saturated heterocycles. The summed E-state index contributed by atoms with van der Waals surface area (Å²) in [5, 5.41) is 0. The van der Waals surface area contributed by atoms with Crippen molar-refractivity contribution in [1.29, 1.82) is 0 Å². The molecule has 0 aromatic heterocycles. The van der Waals surface area contributed by atoms with Gasteiger partial charge in [-0.2, -0.15) is 0 Å². The summed E-state index contributed by atoms with van der Waals surface area (Å²) in [4.78, 5) is 12.2. The van der Waals surface area contributed by atoms with Crippen LogP contribution in [0.3, 0.4) is 0 Å². The number of nitrogens with two attached hydrogens (primary N) is 1. The van der Waals surface area contributed by atoms with Crippen LogP contribution in [0.25, 0.3) is 0 Å². The number of rotatable bonds is 7. The highest BCUT2D eigenvalue weighted by Gasteiger charge is 2.37. The fourth-order valence-electron chi connectivity index (χ4n) is 2.14. The van der Waals surface area contributed by atoms with Crippen molar-refractivity contribution in [2.45, 2.75) is 26.7 Å². The molecule has 1 aromatic carbocycles. The second-order valence-electron chi connectivity index (χ2n) is 4.55. The molecular weight excluding hydrogens is 242 g/mol. The van der Waals surface area contributed by atoms with Crippen LogP contribution in [-0.2, 0) is 16.0 Å². The van der Waals surface area contributed by atoms with Gasteiger partial charge in [-0.25, -0.2) is 0 Å². The largest absolute Gasteiger partial charge is 0.496 e. The third-order valence-corrected chi connectivity index (χ3v) is 3.50. The van der Waals surface area contributed by atoms with Crippen LogP contribution in [0, 0.1) is 5.41 Å². The van der Waals surface area contributed by atoms with Crippen LogP contribution in [0.5, 0.6) is 5.75 Å². The Bertz CT molecular complexity index is 414. The number of carbonyl (C=O) groups is 1. The maximum absolute atomic E-state index is 12.2. The van der Waals surface area contributed by atoms with Crippen LogP contribution in [0.15, 0.2) is 24.3 Å². The number of ether oxygens (including phenoxy) is 2. The average Bonchev–Trinajstić information content (AvgIpc) is 2.45. The maximum atomic E-state index is 12.2. The van der Waals surface area contributed by atoms with Crippen molar-refractivity contribution in [3.8, 4) is 5.75 Å². The van der Waals surface area contributed by atoms with Crippen LogP contribution in [0.1, 0.15) is 25.8 Å². The summed E-state index contributed by atoms with van der Waals surface area (Å²) >= 11 is 0. The van der Waals surface area contributed by atoms with Crippen LogP contribution >= 0.6 is 0 Å². The van der Waals surface area contributed by atoms with E-state index in [2.05, 4.69) is 0 Å². The highest BCUT2D eigenvalue weighted by atomic mass is 16.5. The minimum absolute atomic E-state index is 0.231. The predicted molar refractivity (Wildman–Crippen MR) is 75.1 cm³/mol. The predicted octanol–water partition coefficient (Wildman–Crippen LogP) is 2.16. The normalized spacial score (nSPS) is 13.7. The van der Waals surface area contributed by atoms with Crippen LogP contribution in [-0.4, -0.2) is 26.2 Å². The van der Waals surface area contributed by atoms with Gasteiger partial charge in [0.1, 0.15) is 5.75 Å². The summed E-state index contributed by atoms with van der Waals surface area (Å²) in [6.07, 6.45) is 1.17. The molecule has 0 amide bonds. The molecule has 1 unspecified atom stereocenters. The van der Waals surface area contributed by atoms with E-state index in [1.807, 2.05) is 31.2 Å². The number of esters is 1. The number of carbonyl (C=O) groups excluding carboxylic acids is 1. The molecule has 19 heavy (non-hydrogen) atoms. The number of benzene rings is 1. The van der Waals surface area contributed by atoms with Crippen molar-refractivity contribution < 1.29 is 14.3 Å². The summed E-state index contributed by atoms with van der Waals surface area (Å²) < 4.78 is 10.5. The smallest absolute Gasteiger partial charge is 0.313 e. The van der Waals surface area contributed by atoms with Gasteiger partial charge < -0.3 is 15.2 Å². The van der Waals surface area contributed by atoms with Gasteiger partial charge in [0.15, 0.2) is 0 Å². The molecule has 0 aliphatic heterocycles. The molecule has 1 atom stereocenters. The topological polar surface area (TPSA) is 61.5 Å². The van der Waals surface area contributed by atoms with Gasteiger partial charge in [0.05, 0.1) is 19.1 Å². The fourth-order valence-corrected chi connectivity index (χ4v) is 2.14. The lowest BCUT2D eigenvalue weighted by Gasteiger charge is -2.29. The molecule has 0 aliphatic rings. The molecular formula is C15H23NO3. The third kappa shape index (κ3) is 3.47. The Morgan fingerprint density at radius 2 is 2.00 bits per heavy atom. The van der Waals surface area contributed by atoms with Gasteiger partial charge in [-0.1, -0.05) is 25.1 Å². The Balaban J connectivity index is 3.04. The van der Waals surface area contributed by atoms with E-state index in [1.54, 1.807) is 14.0 Å². The first kappa shape index (κ1) is 15.5. The maximum Gasteiger partial charge on any atom is 0.313 e. The van der Waals surface area contributed by atoms with Crippen molar-refractivity contribution in [1.82, 2.24) is 0 Å². The van der Waals surface area contributed by atoms with E-state index in [0.29, 0.717) is 19.4 Å². The van der Waals surface area contributed by atoms with Gasteiger partial charge in [0, 0.05) is 6.54 Å². The third-order valence-electron chi connectivity index (χ3n) is 3.50. The Morgan fingerprint density at radius 3 is 2.53 bits per heavy atom. The molecule has 0 radical (unpaired) electrons. The Morgan fingerprint density at radius 1 is 1.32 bits per heavy atom. The zero-order valence-electron chi connectivity index (χ0n) is 11.9. The number of para-hydroxylation sites is 1. The van der Waals surface area contributed by atoms with Crippen molar-refractivity contribution in [3.63, 3.8) is 0 Å². The van der Waals surface area contributed by atoms with E-state index in [1.165, 1.54) is 0 Å². The first-order valence-electron chi connectivity index (χ1n) is 6.62. The van der Waals surface area contributed by atoms with Gasteiger partial charge >= 0.3 is 5.97 Å². The van der Waals surface area contributed by atoms with Crippen molar-refractivity contribution in [2.75, 3.05) is 20.3 Å². The zero-order chi connectivity index (χ0) is 14.3. The lowest BCUT2D eigenvalue weighted by Crippen LogP contribution is -2.41. The van der Waals surface area contributed by atoms with Crippen molar-refractivity contribution in [3.05, 3.63) is 29.8 Å². The Kier molecular flexibility index (Phi) is 5.83. The summed E-state index contributed by atoms with van der Waals surface area (Å²) in [6, 6.07) is 7.68. The highest BCUT2D eigenvalue weighted by Crippen LogP contribution is 2.31. The number of hydrogen-bond acceptors (Lipinski definition) is 4. The molecule has 106 valence electrons. The molecule has 0 aliphatic carbocycles. The summed E-state index contributed by atoms with van der Waals surface area (Å²) in [6.45, 7) is 4.39. The SMILES string of the molecule is CCOC(=O)C(CC)(CN)Cc1ccccc1OC. The molecule has 0 saturated carbocycles. The van der Waals surface area contributed by atoms with E-state index in [-0.39, 0.29) is 12.5 Å². The monoisotopic (exact) mass is 265 g/mol. The van der Waals surface area contributed by atoms with Crippen molar-refractivity contribution >= 4 is 5.97 Å². The van der Waals surface area contributed by atoms with E-state index >= 15 is 0 Å². The quantitative estimate of drug-likeness (QED) is 0.767. The zero-order valence-corrected chi connectivity index (χ0v) is 11.9. The Labute approximate surface area is 114 Å². The number of methoxy groups -OCH3 is 1. The molecule has 4 nitrogen and oxygen atoms in total. The molecule has 1 rings (SSSR count). The highest BCUT2D eigenvalue weighted by molar-refractivity contribution is 5.77. The lowest BCUT2D eigenvalue weighted by molar-refractivity contribution is -0.155. The van der Waals surface area contributed by atoms with Crippen LogP contribution in [0.4, 0.5) is 0 Å². The molecule has 4 heteroatoms. The first-order chi connectivity index (χ1) is 9.13. The van der Waals surface area contributed by atoms with Crippen molar-refractivity contribution in [2.24, 2.45) is 11.1 Å². The van der Waals surface area contributed by atoms with E-state index in [0.717, 1.165) is 11.3 Å². The molecule has 0 fully saturated rings. The first-order valence-corrected chi connectivity index (χ1v) is 6.62. The summed E-state index contributed by atoms with van der Waals surface area (Å²) in [7, 11) is 1.62.